The summed E-state index contributed by atoms with van der Waals surface area (Å²) in [5.41, 5.74) is 5.80. The van der Waals surface area contributed by atoms with E-state index in [4.69, 9.17) is 11.6 Å². The molecule has 0 saturated carbocycles. The molecule has 0 heterocycles. The Balaban J connectivity index is 1.69. The zero-order valence-electron chi connectivity index (χ0n) is 16.9. The third-order valence-corrected chi connectivity index (χ3v) is 4.61. The Labute approximate surface area is 184 Å². The first-order chi connectivity index (χ1) is 14.8. The zero-order valence-corrected chi connectivity index (χ0v) is 17.6. The predicted molar refractivity (Wildman–Crippen MR) is 121 cm³/mol. The molecule has 0 atom stereocenters. The van der Waals surface area contributed by atoms with Crippen LogP contribution in [0.5, 0.6) is 0 Å². The molecule has 158 valence electrons. The first-order valence-corrected chi connectivity index (χ1v) is 9.74. The van der Waals surface area contributed by atoms with Gasteiger partial charge >= 0.3 is 11.8 Å². The molecule has 8 heteroatoms. The van der Waals surface area contributed by atoms with Gasteiger partial charge in [0.05, 0.1) is 11.9 Å². The standard InChI is InChI=1S/C23H20ClFN4O2/c1-14-7-8-15(2)21(11-14)28-22(30)23(31)29-26-13-16-12-17(24)9-10-19(16)27-20-6-4-3-5-18(20)25/h3-13,27H,1-2H3,(H,28,30)(H,29,31)/b26-13-. The number of aryl methyl sites for hydroxylation is 2. The quantitative estimate of drug-likeness (QED) is 0.300. The van der Waals surface area contributed by atoms with Crippen LogP contribution in [-0.2, 0) is 9.59 Å². The number of benzene rings is 3. The van der Waals surface area contributed by atoms with E-state index in [9.17, 15) is 14.0 Å². The van der Waals surface area contributed by atoms with Crippen molar-refractivity contribution in [1.82, 2.24) is 5.43 Å². The molecular formula is C23H20ClFN4O2. The number of amides is 2. The van der Waals surface area contributed by atoms with Gasteiger partial charge < -0.3 is 10.6 Å². The first-order valence-electron chi connectivity index (χ1n) is 9.36. The SMILES string of the molecule is Cc1ccc(C)c(NC(=O)C(=O)N/N=C\c2cc(Cl)ccc2Nc2ccccc2F)c1. The molecule has 3 rings (SSSR count). The van der Waals surface area contributed by atoms with Crippen LogP contribution < -0.4 is 16.1 Å². The van der Waals surface area contributed by atoms with E-state index in [1.54, 1.807) is 42.5 Å². The summed E-state index contributed by atoms with van der Waals surface area (Å²) in [6.07, 6.45) is 1.32. The van der Waals surface area contributed by atoms with Gasteiger partial charge in [0.1, 0.15) is 5.82 Å². The molecule has 2 amide bonds. The number of carbonyl (C=O) groups excluding carboxylic acids is 2. The van der Waals surface area contributed by atoms with Gasteiger partial charge in [-0.2, -0.15) is 5.10 Å². The van der Waals surface area contributed by atoms with E-state index in [2.05, 4.69) is 21.2 Å². The molecule has 3 aromatic rings. The topological polar surface area (TPSA) is 82.6 Å². The largest absolute Gasteiger partial charge is 0.353 e. The third-order valence-electron chi connectivity index (χ3n) is 4.37. The molecule has 31 heavy (non-hydrogen) atoms. The van der Waals surface area contributed by atoms with Gasteiger partial charge in [-0.3, -0.25) is 9.59 Å². The summed E-state index contributed by atoms with van der Waals surface area (Å²) in [7, 11) is 0. The normalized spacial score (nSPS) is 10.7. The molecule has 0 radical (unpaired) electrons. The minimum Gasteiger partial charge on any atom is -0.353 e. The van der Waals surface area contributed by atoms with Crippen molar-refractivity contribution in [3.05, 3.63) is 88.2 Å². The molecule has 0 aliphatic heterocycles. The summed E-state index contributed by atoms with van der Waals surface area (Å²) in [5.74, 6) is -2.19. The van der Waals surface area contributed by atoms with Crippen molar-refractivity contribution in [2.45, 2.75) is 13.8 Å². The molecule has 0 aromatic heterocycles. The molecular weight excluding hydrogens is 419 g/mol. The number of hydrogen-bond donors (Lipinski definition) is 3. The van der Waals surface area contributed by atoms with E-state index >= 15 is 0 Å². The maximum Gasteiger partial charge on any atom is 0.329 e. The van der Waals surface area contributed by atoms with Crippen LogP contribution in [0, 0.1) is 19.7 Å². The second-order valence-corrected chi connectivity index (χ2v) is 7.24. The molecule has 0 unspecified atom stereocenters. The Morgan fingerprint density at radius 3 is 2.48 bits per heavy atom. The Bertz CT molecular complexity index is 1160. The number of nitrogens with one attached hydrogen (secondary N) is 3. The number of rotatable bonds is 5. The molecule has 0 fully saturated rings. The number of hydrogen-bond acceptors (Lipinski definition) is 4. The Kier molecular flexibility index (Phi) is 6.99. The first kappa shape index (κ1) is 22.0. The van der Waals surface area contributed by atoms with E-state index in [0.717, 1.165) is 11.1 Å². The van der Waals surface area contributed by atoms with Crippen LogP contribution in [0.2, 0.25) is 5.02 Å². The minimum absolute atomic E-state index is 0.274. The minimum atomic E-state index is -0.928. The third kappa shape index (κ3) is 5.90. The highest BCUT2D eigenvalue weighted by Crippen LogP contribution is 2.24. The lowest BCUT2D eigenvalue weighted by molar-refractivity contribution is -0.136. The number of anilines is 3. The van der Waals surface area contributed by atoms with Crippen molar-refractivity contribution < 1.29 is 14.0 Å². The van der Waals surface area contributed by atoms with Crippen molar-refractivity contribution in [1.29, 1.82) is 0 Å². The monoisotopic (exact) mass is 438 g/mol. The van der Waals surface area contributed by atoms with Crippen LogP contribution in [0.3, 0.4) is 0 Å². The lowest BCUT2D eigenvalue weighted by Gasteiger charge is -2.11. The average molecular weight is 439 g/mol. The molecule has 3 N–H and O–H groups in total. The highest BCUT2D eigenvalue weighted by Gasteiger charge is 2.14. The molecule has 3 aromatic carbocycles. The molecule has 0 saturated heterocycles. The van der Waals surface area contributed by atoms with Crippen LogP contribution in [0.15, 0.2) is 65.8 Å². The molecule has 6 nitrogen and oxygen atoms in total. The summed E-state index contributed by atoms with van der Waals surface area (Å²) >= 11 is 6.05. The Morgan fingerprint density at radius 1 is 0.935 bits per heavy atom. The summed E-state index contributed by atoms with van der Waals surface area (Å²) in [4.78, 5) is 24.2. The van der Waals surface area contributed by atoms with Gasteiger partial charge in [0, 0.05) is 22.0 Å². The van der Waals surface area contributed by atoms with Crippen molar-refractivity contribution in [2.24, 2.45) is 5.10 Å². The summed E-state index contributed by atoms with van der Waals surface area (Å²) in [6, 6.07) is 16.6. The highest BCUT2D eigenvalue weighted by molar-refractivity contribution is 6.39. The van der Waals surface area contributed by atoms with Crippen LogP contribution in [0.25, 0.3) is 0 Å². The molecule has 0 aliphatic rings. The Hall–Kier alpha value is -3.71. The van der Waals surface area contributed by atoms with E-state index in [1.807, 2.05) is 26.0 Å². The average Bonchev–Trinajstić information content (AvgIpc) is 2.74. The second kappa shape index (κ2) is 9.86. The van der Waals surface area contributed by atoms with E-state index in [-0.39, 0.29) is 5.69 Å². The molecule has 0 bridgehead atoms. The van der Waals surface area contributed by atoms with Crippen LogP contribution in [0.1, 0.15) is 16.7 Å². The van der Waals surface area contributed by atoms with Crippen LogP contribution in [0.4, 0.5) is 21.5 Å². The summed E-state index contributed by atoms with van der Waals surface area (Å²) in [5, 5.41) is 9.78. The van der Waals surface area contributed by atoms with Gasteiger partial charge in [-0.05, 0) is 61.4 Å². The van der Waals surface area contributed by atoms with Crippen molar-refractivity contribution in [3.8, 4) is 0 Å². The fraction of sp³-hybridized carbons (Fsp3) is 0.0870. The zero-order chi connectivity index (χ0) is 22.4. The predicted octanol–water partition coefficient (Wildman–Crippen LogP) is 4.93. The number of para-hydroxylation sites is 1. The van der Waals surface area contributed by atoms with Crippen LogP contribution in [-0.4, -0.2) is 18.0 Å². The Morgan fingerprint density at radius 2 is 1.71 bits per heavy atom. The van der Waals surface area contributed by atoms with Crippen LogP contribution >= 0.6 is 11.6 Å². The number of carbonyl (C=O) groups is 2. The van der Waals surface area contributed by atoms with Gasteiger partial charge in [-0.15, -0.1) is 0 Å². The van der Waals surface area contributed by atoms with Gasteiger partial charge in [0.15, 0.2) is 0 Å². The van der Waals surface area contributed by atoms with Crippen molar-refractivity contribution in [2.75, 3.05) is 10.6 Å². The van der Waals surface area contributed by atoms with Crippen molar-refractivity contribution >= 4 is 46.7 Å². The van der Waals surface area contributed by atoms with E-state index in [1.165, 1.54) is 12.3 Å². The fourth-order valence-corrected chi connectivity index (χ4v) is 2.90. The van der Waals surface area contributed by atoms with E-state index in [0.29, 0.717) is 22.0 Å². The number of hydrazone groups is 1. The maximum atomic E-state index is 13.9. The van der Waals surface area contributed by atoms with Gasteiger partial charge in [0.25, 0.3) is 0 Å². The molecule has 0 aliphatic carbocycles. The summed E-state index contributed by atoms with van der Waals surface area (Å²) < 4.78 is 13.9. The van der Waals surface area contributed by atoms with Gasteiger partial charge in [0.2, 0.25) is 0 Å². The van der Waals surface area contributed by atoms with E-state index < -0.39 is 17.6 Å². The number of halogens is 2. The second-order valence-electron chi connectivity index (χ2n) is 6.81. The lowest BCUT2D eigenvalue weighted by Crippen LogP contribution is -2.32. The van der Waals surface area contributed by atoms with Crippen molar-refractivity contribution in [3.63, 3.8) is 0 Å². The van der Waals surface area contributed by atoms with Gasteiger partial charge in [-0.1, -0.05) is 35.9 Å². The summed E-state index contributed by atoms with van der Waals surface area (Å²) in [6.45, 7) is 3.71. The fourth-order valence-electron chi connectivity index (χ4n) is 2.72. The highest BCUT2D eigenvalue weighted by atomic mass is 35.5. The smallest absolute Gasteiger partial charge is 0.329 e. The van der Waals surface area contributed by atoms with Gasteiger partial charge in [-0.25, -0.2) is 9.82 Å². The lowest BCUT2D eigenvalue weighted by atomic mass is 10.1. The number of nitrogens with zero attached hydrogens (tertiary/aromatic N) is 1. The molecule has 0 spiro atoms. The maximum absolute atomic E-state index is 13.9.